The third-order valence-electron chi connectivity index (χ3n) is 7.42. The number of imidazole rings is 2. The van der Waals surface area contributed by atoms with Gasteiger partial charge in [-0.15, -0.1) is 0 Å². The first-order chi connectivity index (χ1) is 20.6. The summed E-state index contributed by atoms with van der Waals surface area (Å²) in [4.78, 5) is 14.4. The van der Waals surface area contributed by atoms with Crippen LogP contribution in [0, 0.1) is 13.8 Å². The molecule has 0 aliphatic heterocycles. The van der Waals surface area contributed by atoms with Crippen molar-refractivity contribution in [2.75, 3.05) is 0 Å². The zero-order chi connectivity index (χ0) is 28.2. The fraction of sp³-hybridized carbons (Fsp3) is 0.0588. The Hall–Kier alpha value is -5.76. The largest absolute Gasteiger partial charge is 0.457 e. The van der Waals surface area contributed by atoms with Crippen LogP contribution in [-0.2, 0) is 0 Å². The number of hydrogen-bond acceptors (Lipinski definition) is 5. The maximum absolute atomic E-state index is 6.45. The molecule has 0 saturated heterocycles. The third kappa shape index (κ3) is 3.84. The van der Waals surface area contributed by atoms with Crippen molar-refractivity contribution in [3.63, 3.8) is 0 Å². The summed E-state index contributed by atoms with van der Waals surface area (Å²) in [5.41, 5.74) is 7.01. The molecule has 8 nitrogen and oxygen atoms in total. The van der Waals surface area contributed by atoms with E-state index in [1.807, 2.05) is 96.5 Å². The van der Waals surface area contributed by atoms with Crippen LogP contribution in [-0.4, -0.2) is 33.7 Å². The predicted molar refractivity (Wildman–Crippen MR) is 164 cm³/mol. The Morgan fingerprint density at radius 1 is 0.667 bits per heavy atom. The Morgan fingerprint density at radius 3 is 2.36 bits per heavy atom. The van der Waals surface area contributed by atoms with Gasteiger partial charge in [-0.05, 0) is 61.9 Å². The molecule has 0 spiro atoms. The van der Waals surface area contributed by atoms with Gasteiger partial charge in [0.15, 0.2) is 5.82 Å². The monoisotopic (exact) mass is 547 g/mol. The number of ether oxygens (including phenoxy) is 1. The van der Waals surface area contributed by atoms with Crippen molar-refractivity contribution in [1.82, 2.24) is 33.7 Å². The average Bonchev–Trinajstić information content (AvgIpc) is 3.69. The molecule has 8 rings (SSSR count). The minimum absolute atomic E-state index is 0.695. The van der Waals surface area contributed by atoms with Gasteiger partial charge in [0, 0.05) is 23.9 Å². The molecule has 0 aliphatic carbocycles. The number of fused-ring (bicyclic) bond motifs is 5. The second-order valence-corrected chi connectivity index (χ2v) is 10.2. The Bertz CT molecular complexity index is 2250. The van der Waals surface area contributed by atoms with Crippen LogP contribution in [0.5, 0.6) is 11.5 Å². The number of para-hydroxylation sites is 1. The van der Waals surface area contributed by atoms with Crippen LogP contribution in [0.25, 0.3) is 50.7 Å². The molecule has 4 heterocycles. The maximum Gasteiger partial charge on any atom is 0.221 e. The van der Waals surface area contributed by atoms with Gasteiger partial charge >= 0.3 is 0 Å². The first kappa shape index (κ1) is 24.1. The van der Waals surface area contributed by atoms with Gasteiger partial charge in [0.25, 0.3) is 0 Å². The van der Waals surface area contributed by atoms with Gasteiger partial charge in [0.05, 0.1) is 27.8 Å². The molecule has 0 fully saturated rings. The number of aromatic nitrogens is 7. The number of nitrogens with zero attached hydrogens (tertiary/aromatic N) is 7. The van der Waals surface area contributed by atoms with E-state index in [0.29, 0.717) is 17.3 Å². The van der Waals surface area contributed by atoms with E-state index >= 15 is 0 Å². The zero-order valence-corrected chi connectivity index (χ0v) is 23.0. The molecule has 4 aromatic heterocycles. The normalized spacial score (nSPS) is 11.6. The predicted octanol–water partition coefficient (Wildman–Crippen LogP) is 7.48. The number of rotatable bonds is 5. The fourth-order valence-electron chi connectivity index (χ4n) is 5.55. The fourth-order valence-corrected chi connectivity index (χ4v) is 5.55. The van der Waals surface area contributed by atoms with Crippen LogP contribution < -0.4 is 4.74 Å². The molecule has 202 valence electrons. The molecule has 8 heteroatoms. The van der Waals surface area contributed by atoms with E-state index in [-0.39, 0.29) is 0 Å². The SMILES string of the molecule is Cc1nc(-c2ccccc2)n(-c2cccc(Oc3ccc4c(c3)n(-c3ccccn3)c3nc5c(C)cccc5n43)c2)n1. The van der Waals surface area contributed by atoms with Crippen molar-refractivity contribution in [3.8, 4) is 34.4 Å². The van der Waals surface area contributed by atoms with Crippen molar-refractivity contribution < 1.29 is 4.74 Å². The van der Waals surface area contributed by atoms with Crippen molar-refractivity contribution in [3.05, 3.63) is 127 Å². The van der Waals surface area contributed by atoms with Gasteiger partial charge in [-0.2, -0.15) is 5.10 Å². The Balaban J connectivity index is 1.24. The van der Waals surface area contributed by atoms with Gasteiger partial charge < -0.3 is 4.74 Å². The van der Waals surface area contributed by atoms with Gasteiger partial charge in [0.2, 0.25) is 5.78 Å². The van der Waals surface area contributed by atoms with Gasteiger partial charge in [-0.3, -0.25) is 8.97 Å². The van der Waals surface area contributed by atoms with E-state index in [4.69, 9.17) is 9.72 Å². The van der Waals surface area contributed by atoms with Crippen LogP contribution in [0.15, 0.2) is 115 Å². The second kappa shape index (κ2) is 9.42. The Morgan fingerprint density at radius 2 is 1.50 bits per heavy atom. The first-order valence-electron chi connectivity index (χ1n) is 13.7. The lowest BCUT2D eigenvalue weighted by atomic mass is 10.2. The summed E-state index contributed by atoms with van der Waals surface area (Å²) < 4.78 is 12.6. The van der Waals surface area contributed by atoms with E-state index in [1.165, 1.54) is 0 Å². The lowest BCUT2D eigenvalue weighted by Crippen LogP contribution is -2.00. The molecular formula is C34H25N7O. The molecule has 0 amide bonds. The summed E-state index contributed by atoms with van der Waals surface area (Å²) in [5, 5.41) is 4.67. The Kier molecular flexibility index (Phi) is 5.40. The quantitative estimate of drug-likeness (QED) is 0.223. The van der Waals surface area contributed by atoms with Crippen LogP contribution in [0.4, 0.5) is 0 Å². The lowest BCUT2D eigenvalue weighted by Gasteiger charge is -2.10. The molecule has 8 aromatic rings. The molecular weight excluding hydrogens is 522 g/mol. The summed E-state index contributed by atoms with van der Waals surface area (Å²) in [6.07, 6.45) is 1.80. The Labute approximate surface area is 241 Å². The van der Waals surface area contributed by atoms with Gasteiger partial charge in [0.1, 0.15) is 23.1 Å². The van der Waals surface area contributed by atoms with Crippen LogP contribution in [0.3, 0.4) is 0 Å². The lowest BCUT2D eigenvalue weighted by molar-refractivity contribution is 0.483. The molecule has 42 heavy (non-hydrogen) atoms. The molecule has 0 radical (unpaired) electrons. The number of aryl methyl sites for hydroxylation is 2. The van der Waals surface area contributed by atoms with Gasteiger partial charge in [-0.25, -0.2) is 19.6 Å². The molecule has 0 atom stereocenters. The molecule has 4 aromatic carbocycles. The summed E-state index contributed by atoms with van der Waals surface area (Å²) in [7, 11) is 0. The van der Waals surface area contributed by atoms with Gasteiger partial charge in [-0.1, -0.05) is 54.6 Å². The van der Waals surface area contributed by atoms with Crippen molar-refractivity contribution in [1.29, 1.82) is 0 Å². The standard InChI is InChI=1S/C34H25N7O/c1-22-10-8-15-29-32(22)37-34-39(29)28-18-17-27(21-30(28)40(34)31-16-6-7-19-35-31)42-26-14-9-13-25(20-26)41-33(36-23(2)38-41)24-11-4-3-5-12-24/h3-21H,1-2H3. The molecule has 0 bridgehead atoms. The smallest absolute Gasteiger partial charge is 0.221 e. The molecule has 0 saturated carbocycles. The molecule has 0 aliphatic rings. The van der Waals surface area contributed by atoms with Crippen LogP contribution >= 0.6 is 0 Å². The minimum Gasteiger partial charge on any atom is -0.457 e. The minimum atomic E-state index is 0.695. The summed E-state index contributed by atoms with van der Waals surface area (Å²) in [6.45, 7) is 3.99. The highest BCUT2D eigenvalue weighted by Gasteiger charge is 2.19. The number of pyridine rings is 1. The zero-order valence-electron chi connectivity index (χ0n) is 23.0. The van der Waals surface area contributed by atoms with Crippen molar-refractivity contribution >= 4 is 27.8 Å². The first-order valence-corrected chi connectivity index (χ1v) is 13.7. The summed E-state index contributed by atoms with van der Waals surface area (Å²) >= 11 is 0. The summed E-state index contributed by atoms with van der Waals surface area (Å²) in [5.74, 6) is 4.48. The number of benzene rings is 4. The van der Waals surface area contributed by atoms with E-state index in [1.54, 1.807) is 6.20 Å². The highest BCUT2D eigenvalue weighted by atomic mass is 16.5. The second-order valence-electron chi connectivity index (χ2n) is 10.2. The highest BCUT2D eigenvalue weighted by Crippen LogP contribution is 2.34. The molecule has 0 N–H and O–H groups in total. The van der Waals surface area contributed by atoms with E-state index in [0.717, 1.165) is 56.3 Å². The van der Waals surface area contributed by atoms with E-state index in [2.05, 4.69) is 55.2 Å². The average molecular weight is 548 g/mol. The van der Waals surface area contributed by atoms with E-state index < -0.39 is 0 Å². The third-order valence-corrected chi connectivity index (χ3v) is 7.42. The summed E-state index contributed by atoms with van der Waals surface area (Å²) in [6, 6.07) is 36.2. The topological polar surface area (TPSA) is 75.1 Å². The maximum atomic E-state index is 6.45. The van der Waals surface area contributed by atoms with Crippen molar-refractivity contribution in [2.45, 2.75) is 13.8 Å². The van der Waals surface area contributed by atoms with Crippen molar-refractivity contribution in [2.24, 2.45) is 0 Å². The van der Waals surface area contributed by atoms with E-state index in [9.17, 15) is 0 Å². The molecule has 0 unspecified atom stereocenters. The van der Waals surface area contributed by atoms with Crippen LogP contribution in [0.1, 0.15) is 11.4 Å². The number of hydrogen-bond donors (Lipinski definition) is 0. The highest BCUT2D eigenvalue weighted by molar-refractivity contribution is 5.93. The van der Waals surface area contributed by atoms with Crippen LogP contribution in [0.2, 0.25) is 0 Å².